The molecular weight excluding hydrogens is 302 g/mol. The fourth-order valence-electron chi connectivity index (χ4n) is 3.41. The minimum Gasteiger partial charge on any atom is -0.342 e. The van der Waals surface area contributed by atoms with E-state index in [9.17, 15) is 4.79 Å². The first-order chi connectivity index (χ1) is 11.8. The molecule has 0 aliphatic carbocycles. The van der Waals surface area contributed by atoms with Crippen molar-refractivity contribution in [2.75, 3.05) is 50.7 Å². The van der Waals surface area contributed by atoms with E-state index in [4.69, 9.17) is 0 Å². The second kappa shape index (κ2) is 8.42. The average Bonchev–Trinajstić information content (AvgIpc) is 2.92. The number of hydrogen-bond donors (Lipinski definition) is 0. The van der Waals surface area contributed by atoms with Crippen molar-refractivity contribution in [3.8, 4) is 0 Å². The van der Waals surface area contributed by atoms with Crippen LogP contribution in [0.1, 0.15) is 38.2 Å². The van der Waals surface area contributed by atoms with Crippen LogP contribution in [0, 0.1) is 0 Å². The molecule has 1 amide bonds. The third kappa shape index (κ3) is 4.44. The number of piperazine rings is 1. The molecule has 1 aromatic rings. The van der Waals surface area contributed by atoms with Crippen molar-refractivity contribution in [1.82, 2.24) is 19.8 Å². The summed E-state index contributed by atoms with van der Waals surface area (Å²) in [6.45, 7) is 8.13. The molecule has 2 saturated heterocycles. The molecule has 0 N–H and O–H groups in total. The van der Waals surface area contributed by atoms with Gasteiger partial charge in [-0.15, -0.1) is 0 Å². The van der Waals surface area contributed by atoms with Crippen LogP contribution in [-0.4, -0.2) is 71.5 Å². The molecule has 0 atom stereocenters. The van der Waals surface area contributed by atoms with Crippen molar-refractivity contribution in [2.45, 2.75) is 39.0 Å². The lowest BCUT2D eigenvalue weighted by atomic mass is 10.2. The highest BCUT2D eigenvalue weighted by atomic mass is 16.2. The normalized spacial score (nSPS) is 20.0. The first-order valence-corrected chi connectivity index (χ1v) is 9.32. The highest BCUT2D eigenvalue weighted by Gasteiger charge is 2.23. The highest BCUT2D eigenvalue weighted by Crippen LogP contribution is 2.13. The lowest BCUT2D eigenvalue weighted by Gasteiger charge is -2.35. The molecule has 132 valence electrons. The molecule has 0 radical (unpaired) electrons. The molecule has 0 bridgehead atoms. The fraction of sp³-hybridized carbons (Fsp3) is 0.722. The summed E-state index contributed by atoms with van der Waals surface area (Å²) in [5, 5.41) is 0. The van der Waals surface area contributed by atoms with Gasteiger partial charge in [-0.05, 0) is 24.8 Å². The first-order valence-electron chi connectivity index (χ1n) is 9.32. The molecular formula is C18H29N5O. The molecule has 3 rings (SSSR count). The number of anilines is 1. The quantitative estimate of drug-likeness (QED) is 0.838. The van der Waals surface area contributed by atoms with Gasteiger partial charge in [0, 0.05) is 51.7 Å². The van der Waals surface area contributed by atoms with Gasteiger partial charge in [0.05, 0.1) is 6.54 Å². The summed E-state index contributed by atoms with van der Waals surface area (Å²) in [7, 11) is 0. The molecule has 0 aromatic carbocycles. The Labute approximate surface area is 144 Å². The third-order valence-electron chi connectivity index (χ3n) is 5.07. The maximum atomic E-state index is 12.5. The van der Waals surface area contributed by atoms with E-state index >= 15 is 0 Å². The Balaban J connectivity index is 1.46. The molecule has 24 heavy (non-hydrogen) atoms. The van der Waals surface area contributed by atoms with Crippen LogP contribution >= 0.6 is 0 Å². The van der Waals surface area contributed by atoms with Crippen molar-refractivity contribution in [2.24, 2.45) is 0 Å². The monoisotopic (exact) mass is 331 g/mol. The second-order valence-electron chi connectivity index (χ2n) is 6.80. The van der Waals surface area contributed by atoms with E-state index in [0.29, 0.717) is 12.5 Å². The second-order valence-corrected chi connectivity index (χ2v) is 6.80. The lowest BCUT2D eigenvalue weighted by Crippen LogP contribution is -2.50. The van der Waals surface area contributed by atoms with E-state index in [1.165, 1.54) is 18.4 Å². The number of aryl methyl sites for hydroxylation is 1. The summed E-state index contributed by atoms with van der Waals surface area (Å²) in [6, 6.07) is 0. The van der Waals surface area contributed by atoms with Crippen LogP contribution in [-0.2, 0) is 11.2 Å². The molecule has 6 nitrogen and oxygen atoms in total. The summed E-state index contributed by atoms with van der Waals surface area (Å²) in [6.07, 6.45) is 9.63. The molecule has 0 saturated carbocycles. The Morgan fingerprint density at radius 3 is 2.17 bits per heavy atom. The van der Waals surface area contributed by atoms with Gasteiger partial charge >= 0.3 is 0 Å². The zero-order valence-corrected chi connectivity index (χ0v) is 14.8. The predicted octanol–water partition coefficient (Wildman–Crippen LogP) is 1.56. The van der Waals surface area contributed by atoms with Crippen molar-refractivity contribution in [1.29, 1.82) is 0 Å². The molecule has 3 heterocycles. The Kier molecular flexibility index (Phi) is 6.01. The van der Waals surface area contributed by atoms with Crippen molar-refractivity contribution < 1.29 is 4.79 Å². The fourth-order valence-corrected chi connectivity index (χ4v) is 3.41. The molecule has 2 fully saturated rings. The van der Waals surface area contributed by atoms with E-state index in [-0.39, 0.29) is 0 Å². The highest BCUT2D eigenvalue weighted by molar-refractivity contribution is 5.78. The molecule has 0 spiro atoms. The number of aromatic nitrogens is 2. The van der Waals surface area contributed by atoms with Gasteiger partial charge in [-0.25, -0.2) is 9.97 Å². The summed E-state index contributed by atoms with van der Waals surface area (Å²) in [4.78, 5) is 28.0. The first kappa shape index (κ1) is 17.1. The van der Waals surface area contributed by atoms with Gasteiger partial charge < -0.3 is 9.80 Å². The number of amides is 1. The van der Waals surface area contributed by atoms with Gasteiger partial charge in [-0.1, -0.05) is 19.8 Å². The van der Waals surface area contributed by atoms with Crippen molar-refractivity contribution >= 4 is 11.9 Å². The zero-order chi connectivity index (χ0) is 16.8. The number of carbonyl (C=O) groups excluding carboxylic acids is 1. The Hall–Kier alpha value is -1.69. The molecule has 6 heteroatoms. The standard InChI is InChI=1S/C18H29N5O/c1-2-16-13-19-18(20-14-16)23-11-9-21(10-12-23)15-17(24)22-7-5-3-4-6-8-22/h13-14H,2-12,15H2,1H3. The van der Waals surface area contributed by atoms with Crippen molar-refractivity contribution in [3.63, 3.8) is 0 Å². The third-order valence-corrected chi connectivity index (χ3v) is 5.07. The zero-order valence-electron chi connectivity index (χ0n) is 14.8. The summed E-state index contributed by atoms with van der Waals surface area (Å²) in [5.74, 6) is 1.11. The Morgan fingerprint density at radius 1 is 0.958 bits per heavy atom. The summed E-state index contributed by atoms with van der Waals surface area (Å²) in [5.41, 5.74) is 1.17. The number of rotatable bonds is 4. The maximum Gasteiger partial charge on any atom is 0.236 e. The van der Waals surface area contributed by atoms with Gasteiger partial charge in [0.15, 0.2) is 0 Å². The molecule has 2 aliphatic rings. The largest absolute Gasteiger partial charge is 0.342 e. The van der Waals surface area contributed by atoms with Crippen LogP contribution in [0.2, 0.25) is 0 Å². The van der Waals surface area contributed by atoms with E-state index in [0.717, 1.165) is 64.5 Å². The van der Waals surface area contributed by atoms with Crippen LogP contribution in [0.4, 0.5) is 5.95 Å². The van der Waals surface area contributed by atoms with Gasteiger partial charge in [-0.3, -0.25) is 9.69 Å². The summed E-state index contributed by atoms with van der Waals surface area (Å²) < 4.78 is 0. The number of nitrogens with zero attached hydrogens (tertiary/aromatic N) is 5. The van der Waals surface area contributed by atoms with E-state index < -0.39 is 0 Å². The van der Waals surface area contributed by atoms with Gasteiger partial charge in [0.2, 0.25) is 11.9 Å². The van der Waals surface area contributed by atoms with Gasteiger partial charge in [0.25, 0.3) is 0 Å². The number of likely N-dealkylation sites (tertiary alicyclic amines) is 1. The van der Waals surface area contributed by atoms with Crippen molar-refractivity contribution in [3.05, 3.63) is 18.0 Å². The van der Waals surface area contributed by atoms with Crippen LogP contribution in [0.15, 0.2) is 12.4 Å². The van der Waals surface area contributed by atoms with Crippen LogP contribution < -0.4 is 4.90 Å². The van der Waals surface area contributed by atoms with E-state index in [1.807, 2.05) is 12.4 Å². The smallest absolute Gasteiger partial charge is 0.236 e. The topological polar surface area (TPSA) is 52.6 Å². The average molecular weight is 331 g/mol. The lowest BCUT2D eigenvalue weighted by molar-refractivity contribution is -0.132. The van der Waals surface area contributed by atoms with Crippen LogP contribution in [0.5, 0.6) is 0 Å². The Bertz CT molecular complexity index is 517. The van der Waals surface area contributed by atoms with Crippen LogP contribution in [0.25, 0.3) is 0 Å². The van der Waals surface area contributed by atoms with Gasteiger partial charge in [0.1, 0.15) is 0 Å². The van der Waals surface area contributed by atoms with Crippen LogP contribution in [0.3, 0.4) is 0 Å². The van der Waals surface area contributed by atoms with E-state index in [1.54, 1.807) is 0 Å². The Morgan fingerprint density at radius 2 is 1.58 bits per heavy atom. The number of carbonyl (C=O) groups is 1. The van der Waals surface area contributed by atoms with E-state index in [2.05, 4.69) is 31.6 Å². The maximum absolute atomic E-state index is 12.5. The molecule has 1 aromatic heterocycles. The minimum absolute atomic E-state index is 0.300. The molecule has 2 aliphatic heterocycles. The number of hydrogen-bond acceptors (Lipinski definition) is 5. The minimum atomic E-state index is 0.300. The molecule has 0 unspecified atom stereocenters. The predicted molar refractivity (Wildman–Crippen MR) is 95.1 cm³/mol. The van der Waals surface area contributed by atoms with Gasteiger partial charge in [-0.2, -0.15) is 0 Å². The summed E-state index contributed by atoms with van der Waals surface area (Å²) >= 11 is 0. The SMILES string of the molecule is CCc1cnc(N2CCN(CC(=O)N3CCCCCC3)CC2)nc1.